The highest BCUT2D eigenvalue weighted by Gasteiger charge is 2.62. The molecule has 1 spiro atoms. The Labute approximate surface area is 83.1 Å². The Balaban J connectivity index is 2.47. The van der Waals surface area contributed by atoms with Gasteiger partial charge in [-0.15, -0.1) is 0 Å². The van der Waals surface area contributed by atoms with Gasteiger partial charge in [0.05, 0.1) is 11.8 Å². The Hall–Kier alpha value is -1.12. The van der Waals surface area contributed by atoms with Crippen molar-refractivity contribution in [1.82, 2.24) is 0 Å². The topological polar surface area (TPSA) is 43.4 Å². The molecule has 2 rings (SSSR count). The van der Waals surface area contributed by atoms with E-state index >= 15 is 0 Å². The molecule has 0 radical (unpaired) electrons. The highest BCUT2D eigenvalue weighted by atomic mass is 16.6. The van der Waals surface area contributed by atoms with Gasteiger partial charge in [0.15, 0.2) is 0 Å². The number of hydrogen-bond donors (Lipinski definition) is 0. The van der Waals surface area contributed by atoms with Gasteiger partial charge in [-0.2, -0.15) is 0 Å². The lowest BCUT2D eigenvalue weighted by Crippen LogP contribution is -2.37. The second kappa shape index (κ2) is 2.47. The molecular formula is C11H14O3. The molecule has 0 aromatic carbocycles. The lowest BCUT2D eigenvalue weighted by molar-refractivity contribution is -0.156. The van der Waals surface area contributed by atoms with Crippen LogP contribution in [0.25, 0.3) is 0 Å². The zero-order valence-electron chi connectivity index (χ0n) is 8.55. The largest absolute Gasteiger partial charge is 0.393 e. The summed E-state index contributed by atoms with van der Waals surface area (Å²) in [7, 11) is 0. The van der Waals surface area contributed by atoms with E-state index in [-0.39, 0.29) is 17.8 Å². The fourth-order valence-electron chi connectivity index (χ4n) is 2.55. The molecule has 1 saturated heterocycles. The molecule has 0 N–H and O–H groups in total. The molecule has 1 aliphatic carbocycles. The minimum absolute atomic E-state index is 0.220. The number of carbonyl (C=O) groups is 2. The van der Waals surface area contributed by atoms with Gasteiger partial charge >= 0.3 is 11.9 Å². The van der Waals surface area contributed by atoms with Gasteiger partial charge in [-0.05, 0) is 12.8 Å². The molecule has 0 bridgehead atoms. The Morgan fingerprint density at radius 2 is 2.00 bits per heavy atom. The standard InChI is InChI=1S/C11H14O3/c1-7-4-5-11(10(7,2)3)6-8(12)14-9(11)13/h1,4-6H2,2-3H3/t11-/m1/s1. The van der Waals surface area contributed by atoms with Gasteiger partial charge < -0.3 is 4.74 Å². The van der Waals surface area contributed by atoms with Crippen molar-refractivity contribution >= 4 is 11.9 Å². The third-order valence-corrected chi connectivity index (χ3v) is 3.98. The van der Waals surface area contributed by atoms with Crippen molar-refractivity contribution in [3.63, 3.8) is 0 Å². The lowest BCUT2D eigenvalue weighted by atomic mass is 9.66. The number of ether oxygens (including phenoxy) is 1. The van der Waals surface area contributed by atoms with E-state index < -0.39 is 11.4 Å². The zero-order chi connectivity index (χ0) is 10.6. The Bertz CT molecular complexity index is 340. The third kappa shape index (κ3) is 0.873. The van der Waals surface area contributed by atoms with Crippen molar-refractivity contribution in [2.45, 2.75) is 33.1 Å². The van der Waals surface area contributed by atoms with Crippen LogP contribution in [0.1, 0.15) is 33.1 Å². The third-order valence-electron chi connectivity index (χ3n) is 3.98. The first-order valence-electron chi connectivity index (χ1n) is 4.83. The molecule has 1 heterocycles. The molecule has 14 heavy (non-hydrogen) atoms. The highest BCUT2D eigenvalue weighted by Crippen LogP contribution is 2.59. The van der Waals surface area contributed by atoms with Crippen LogP contribution >= 0.6 is 0 Å². The van der Waals surface area contributed by atoms with E-state index in [1.54, 1.807) is 0 Å². The maximum atomic E-state index is 11.7. The molecule has 0 amide bonds. The quantitative estimate of drug-likeness (QED) is 0.335. The smallest absolute Gasteiger partial charge is 0.321 e. The van der Waals surface area contributed by atoms with Crippen LogP contribution in [0.5, 0.6) is 0 Å². The maximum absolute atomic E-state index is 11.7. The number of rotatable bonds is 0. The van der Waals surface area contributed by atoms with E-state index in [4.69, 9.17) is 0 Å². The number of cyclic esters (lactones) is 2. The van der Waals surface area contributed by atoms with Crippen molar-refractivity contribution in [3.8, 4) is 0 Å². The Kier molecular flexibility index (Phi) is 1.66. The summed E-state index contributed by atoms with van der Waals surface area (Å²) in [6.45, 7) is 7.92. The highest BCUT2D eigenvalue weighted by molar-refractivity contribution is 5.98. The van der Waals surface area contributed by atoms with Crippen molar-refractivity contribution in [3.05, 3.63) is 12.2 Å². The molecule has 3 nitrogen and oxygen atoms in total. The second-order valence-corrected chi connectivity index (χ2v) is 4.75. The maximum Gasteiger partial charge on any atom is 0.321 e. The monoisotopic (exact) mass is 194 g/mol. The summed E-state index contributed by atoms with van der Waals surface area (Å²) in [5.74, 6) is -0.746. The van der Waals surface area contributed by atoms with Gasteiger partial charge in [0, 0.05) is 5.41 Å². The second-order valence-electron chi connectivity index (χ2n) is 4.75. The van der Waals surface area contributed by atoms with Crippen LogP contribution in [0.4, 0.5) is 0 Å². The molecule has 2 fully saturated rings. The van der Waals surface area contributed by atoms with E-state index in [0.29, 0.717) is 6.42 Å². The number of allylic oxidation sites excluding steroid dienone is 1. The average molecular weight is 194 g/mol. The minimum Gasteiger partial charge on any atom is -0.393 e. The van der Waals surface area contributed by atoms with Crippen molar-refractivity contribution in [2.24, 2.45) is 10.8 Å². The van der Waals surface area contributed by atoms with E-state index in [0.717, 1.165) is 12.0 Å². The molecule has 0 aromatic heterocycles. The van der Waals surface area contributed by atoms with E-state index in [1.165, 1.54) is 0 Å². The Morgan fingerprint density at radius 3 is 2.36 bits per heavy atom. The van der Waals surface area contributed by atoms with Crippen LogP contribution in [0.3, 0.4) is 0 Å². The van der Waals surface area contributed by atoms with Crippen LogP contribution in [0.15, 0.2) is 12.2 Å². The molecule has 0 aromatic rings. The van der Waals surface area contributed by atoms with Gasteiger partial charge in [0.25, 0.3) is 0 Å². The predicted octanol–water partition coefficient (Wildman–Crippen LogP) is 1.82. The van der Waals surface area contributed by atoms with Crippen molar-refractivity contribution < 1.29 is 14.3 Å². The van der Waals surface area contributed by atoms with Gasteiger partial charge in [0.2, 0.25) is 0 Å². The van der Waals surface area contributed by atoms with Gasteiger partial charge in [-0.3, -0.25) is 9.59 Å². The van der Waals surface area contributed by atoms with E-state index in [1.807, 2.05) is 13.8 Å². The SMILES string of the molecule is C=C1CC[C@]2(CC(=O)OC2=O)C1(C)C. The van der Waals surface area contributed by atoms with Crippen LogP contribution < -0.4 is 0 Å². The summed E-state index contributed by atoms with van der Waals surface area (Å²) >= 11 is 0. The van der Waals surface area contributed by atoms with Crippen LogP contribution in [0.2, 0.25) is 0 Å². The summed E-state index contributed by atoms with van der Waals surface area (Å²) in [5, 5.41) is 0. The molecule has 76 valence electrons. The van der Waals surface area contributed by atoms with Gasteiger partial charge in [-0.25, -0.2) is 0 Å². The first-order valence-corrected chi connectivity index (χ1v) is 4.83. The first kappa shape index (κ1) is 9.44. The fourth-order valence-corrected chi connectivity index (χ4v) is 2.55. The summed E-state index contributed by atoms with van der Waals surface area (Å²) in [5.41, 5.74) is 0.112. The summed E-state index contributed by atoms with van der Waals surface area (Å²) in [4.78, 5) is 22.8. The van der Waals surface area contributed by atoms with Gasteiger partial charge in [0.1, 0.15) is 0 Å². The minimum atomic E-state index is -0.624. The van der Waals surface area contributed by atoms with Crippen molar-refractivity contribution in [1.29, 1.82) is 0 Å². The fraction of sp³-hybridized carbons (Fsp3) is 0.636. The summed E-state index contributed by atoms with van der Waals surface area (Å²) < 4.78 is 4.66. The Morgan fingerprint density at radius 1 is 1.36 bits per heavy atom. The molecule has 2 aliphatic rings. The predicted molar refractivity (Wildman–Crippen MR) is 50.3 cm³/mol. The molecule has 1 saturated carbocycles. The molecule has 0 unspecified atom stereocenters. The summed E-state index contributed by atoms with van der Waals surface area (Å²) in [6.07, 6.45) is 1.73. The van der Waals surface area contributed by atoms with Crippen LogP contribution in [0, 0.1) is 10.8 Å². The van der Waals surface area contributed by atoms with Gasteiger partial charge in [-0.1, -0.05) is 26.0 Å². The number of carbonyl (C=O) groups excluding carboxylic acids is 2. The normalized spacial score (nSPS) is 35.4. The number of hydrogen-bond acceptors (Lipinski definition) is 3. The first-order chi connectivity index (χ1) is 6.40. The summed E-state index contributed by atoms with van der Waals surface area (Å²) in [6, 6.07) is 0. The average Bonchev–Trinajstić information content (AvgIpc) is 2.47. The van der Waals surface area contributed by atoms with Crippen LogP contribution in [-0.4, -0.2) is 11.9 Å². The molecule has 1 atom stereocenters. The van der Waals surface area contributed by atoms with Crippen molar-refractivity contribution in [2.75, 3.05) is 0 Å². The van der Waals surface area contributed by atoms with Crippen LogP contribution in [-0.2, 0) is 14.3 Å². The number of esters is 2. The molecular weight excluding hydrogens is 180 g/mol. The zero-order valence-corrected chi connectivity index (χ0v) is 8.55. The molecule has 3 heteroatoms. The van der Waals surface area contributed by atoms with E-state index in [2.05, 4.69) is 11.3 Å². The van der Waals surface area contributed by atoms with E-state index in [9.17, 15) is 9.59 Å². The lowest BCUT2D eigenvalue weighted by Gasteiger charge is -2.34. The molecule has 1 aliphatic heterocycles.